The Morgan fingerprint density at radius 3 is 2.64 bits per heavy atom. The summed E-state index contributed by atoms with van der Waals surface area (Å²) in [7, 11) is 1.59. The van der Waals surface area contributed by atoms with Crippen LogP contribution in [0.4, 0.5) is 0 Å². The van der Waals surface area contributed by atoms with Crippen LogP contribution in [-0.4, -0.2) is 38.6 Å². The maximum atomic E-state index is 12.2. The highest BCUT2D eigenvalue weighted by molar-refractivity contribution is 14.1. The number of amides is 1. The van der Waals surface area contributed by atoms with Gasteiger partial charge in [0.25, 0.3) is 0 Å². The number of nitrogens with one attached hydrogen (secondary N) is 1. The van der Waals surface area contributed by atoms with Gasteiger partial charge in [-0.15, -0.1) is 0 Å². The van der Waals surface area contributed by atoms with Crippen LogP contribution in [0.15, 0.2) is 24.3 Å². The first-order valence-corrected chi connectivity index (χ1v) is 9.95. The SMILES string of the molecule is COCO[C@@H](c1ccccc1I)[C@H](C)OCC(=O)NC1CCCCC1. The van der Waals surface area contributed by atoms with Gasteiger partial charge in [-0.2, -0.15) is 0 Å². The van der Waals surface area contributed by atoms with Crippen molar-refractivity contribution in [3.8, 4) is 0 Å². The van der Waals surface area contributed by atoms with Crippen molar-refractivity contribution in [1.29, 1.82) is 0 Å². The van der Waals surface area contributed by atoms with Crippen LogP contribution in [0, 0.1) is 3.57 Å². The van der Waals surface area contributed by atoms with Crippen molar-refractivity contribution < 1.29 is 19.0 Å². The average Bonchev–Trinajstić information content (AvgIpc) is 2.62. The molecule has 0 heterocycles. The molecule has 1 amide bonds. The summed E-state index contributed by atoms with van der Waals surface area (Å²) >= 11 is 2.28. The smallest absolute Gasteiger partial charge is 0.246 e. The lowest BCUT2D eigenvalue weighted by atomic mass is 9.95. The summed E-state index contributed by atoms with van der Waals surface area (Å²) in [6, 6.07) is 8.31. The fourth-order valence-electron chi connectivity index (χ4n) is 3.14. The maximum absolute atomic E-state index is 12.2. The van der Waals surface area contributed by atoms with Gasteiger partial charge in [0.2, 0.25) is 5.91 Å². The van der Waals surface area contributed by atoms with Gasteiger partial charge in [-0.25, -0.2) is 0 Å². The first-order chi connectivity index (χ1) is 12.1. The van der Waals surface area contributed by atoms with Crippen LogP contribution < -0.4 is 5.32 Å². The Kier molecular flexibility index (Phi) is 9.16. The molecule has 0 radical (unpaired) electrons. The number of rotatable bonds is 9. The second kappa shape index (κ2) is 11.1. The van der Waals surface area contributed by atoms with E-state index in [-0.39, 0.29) is 31.5 Å². The number of hydrogen-bond acceptors (Lipinski definition) is 4. The third-order valence-corrected chi connectivity index (χ3v) is 5.43. The summed E-state index contributed by atoms with van der Waals surface area (Å²) in [5, 5.41) is 3.08. The number of methoxy groups -OCH3 is 1. The van der Waals surface area contributed by atoms with Crippen LogP contribution >= 0.6 is 22.6 Å². The van der Waals surface area contributed by atoms with Crippen molar-refractivity contribution >= 4 is 28.5 Å². The molecule has 2 atom stereocenters. The Balaban J connectivity index is 1.89. The van der Waals surface area contributed by atoms with E-state index in [9.17, 15) is 4.79 Å². The number of carbonyl (C=O) groups excluding carboxylic acids is 1. The van der Waals surface area contributed by atoms with Crippen molar-refractivity contribution in [3.63, 3.8) is 0 Å². The van der Waals surface area contributed by atoms with Gasteiger partial charge >= 0.3 is 0 Å². The molecular formula is C19H28INO4. The first kappa shape index (κ1) is 20.6. The molecule has 1 aliphatic carbocycles. The van der Waals surface area contributed by atoms with Gasteiger partial charge in [0.15, 0.2) is 0 Å². The minimum Gasteiger partial charge on any atom is -0.366 e. The summed E-state index contributed by atoms with van der Waals surface area (Å²) in [5.74, 6) is -0.0491. The summed E-state index contributed by atoms with van der Waals surface area (Å²) in [6.45, 7) is 2.16. The first-order valence-electron chi connectivity index (χ1n) is 8.87. The molecule has 1 aromatic rings. The van der Waals surface area contributed by atoms with Crippen molar-refractivity contribution in [2.75, 3.05) is 20.5 Å². The van der Waals surface area contributed by atoms with Crippen LogP contribution in [-0.2, 0) is 19.0 Å². The minimum atomic E-state index is -0.282. The van der Waals surface area contributed by atoms with Gasteiger partial charge < -0.3 is 19.5 Å². The van der Waals surface area contributed by atoms with E-state index in [1.165, 1.54) is 19.3 Å². The number of ether oxygens (including phenoxy) is 3. The highest BCUT2D eigenvalue weighted by atomic mass is 127. The molecule has 0 bridgehead atoms. The number of carbonyl (C=O) groups is 1. The average molecular weight is 461 g/mol. The predicted octanol–water partition coefficient (Wildman–Crippen LogP) is 3.81. The molecule has 25 heavy (non-hydrogen) atoms. The number of hydrogen-bond donors (Lipinski definition) is 1. The van der Waals surface area contributed by atoms with Gasteiger partial charge in [-0.3, -0.25) is 4.79 Å². The Bertz CT molecular complexity index is 534. The zero-order valence-corrected chi connectivity index (χ0v) is 17.2. The molecule has 0 spiro atoms. The van der Waals surface area contributed by atoms with Gasteiger partial charge in [0.05, 0.1) is 6.10 Å². The molecule has 0 unspecified atom stereocenters. The summed E-state index contributed by atoms with van der Waals surface area (Å²) in [6.07, 6.45) is 5.27. The van der Waals surface area contributed by atoms with E-state index in [4.69, 9.17) is 14.2 Å². The molecule has 1 aromatic carbocycles. The molecule has 2 rings (SSSR count). The number of benzene rings is 1. The van der Waals surface area contributed by atoms with Crippen LogP contribution in [0.25, 0.3) is 0 Å². The van der Waals surface area contributed by atoms with E-state index in [0.29, 0.717) is 6.04 Å². The fourth-order valence-corrected chi connectivity index (χ4v) is 3.83. The van der Waals surface area contributed by atoms with Gasteiger partial charge in [0, 0.05) is 16.7 Å². The lowest BCUT2D eigenvalue weighted by Crippen LogP contribution is -2.39. The van der Waals surface area contributed by atoms with Crippen LogP contribution in [0.2, 0.25) is 0 Å². The van der Waals surface area contributed by atoms with E-state index >= 15 is 0 Å². The predicted molar refractivity (Wildman–Crippen MR) is 105 cm³/mol. The standard InChI is InChI=1S/C19H28INO4/c1-14(24-12-18(22)21-15-8-4-3-5-9-15)19(25-13-23-2)16-10-6-7-11-17(16)20/h6-7,10-11,14-15,19H,3-5,8-9,12-13H2,1-2H3,(H,21,22)/t14-,19+/m0/s1. The normalized spacial score (nSPS) is 17.9. The Hall–Kier alpha value is -0.700. The topological polar surface area (TPSA) is 56.8 Å². The van der Waals surface area contributed by atoms with Crippen LogP contribution in [0.1, 0.15) is 50.7 Å². The molecule has 6 heteroatoms. The zero-order chi connectivity index (χ0) is 18.1. The fraction of sp³-hybridized carbons (Fsp3) is 0.632. The maximum Gasteiger partial charge on any atom is 0.246 e. The van der Waals surface area contributed by atoms with Gasteiger partial charge in [-0.1, -0.05) is 37.5 Å². The zero-order valence-electron chi connectivity index (χ0n) is 15.0. The lowest BCUT2D eigenvalue weighted by Gasteiger charge is -2.26. The molecular weight excluding hydrogens is 433 g/mol. The van der Waals surface area contributed by atoms with E-state index in [1.807, 2.05) is 31.2 Å². The molecule has 0 saturated heterocycles. The van der Waals surface area contributed by atoms with E-state index < -0.39 is 0 Å². The molecule has 1 aliphatic rings. The van der Waals surface area contributed by atoms with Crippen LogP contribution in [0.5, 0.6) is 0 Å². The monoisotopic (exact) mass is 461 g/mol. The molecule has 0 aliphatic heterocycles. The molecule has 5 nitrogen and oxygen atoms in total. The van der Waals surface area contributed by atoms with E-state index in [0.717, 1.165) is 22.0 Å². The molecule has 1 fully saturated rings. The molecule has 1 N–H and O–H groups in total. The van der Waals surface area contributed by atoms with Crippen molar-refractivity contribution in [1.82, 2.24) is 5.32 Å². The molecule has 0 aromatic heterocycles. The lowest BCUT2D eigenvalue weighted by molar-refractivity contribution is -0.142. The largest absolute Gasteiger partial charge is 0.366 e. The van der Waals surface area contributed by atoms with Crippen molar-refractivity contribution in [3.05, 3.63) is 33.4 Å². The minimum absolute atomic E-state index is 0.0491. The Morgan fingerprint density at radius 1 is 1.24 bits per heavy atom. The Labute approximate surface area is 163 Å². The number of halogens is 1. The van der Waals surface area contributed by atoms with Crippen molar-refractivity contribution in [2.45, 2.75) is 57.3 Å². The van der Waals surface area contributed by atoms with Gasteiger partial charge in [0.1, 0.15) is 19.5 Å². The van der Waals surface area contributed by atoms with Crippen molar-refractivity contribution in [2.24, 2.45) is 0 Å². The third-order valence-electron chi connectivity index (χ3n) is 4.45. The quantitative estimate of drug-likeness (QED) is 0.449. The Morgan fingerprint density at radius 2 is 1.96 bits per heavy atom. The second-order valence-corrected chi connectivity index (χ2v) is 7.60. The highest BCUT2D eigenvalue weighted by Gasteiger charge is 2.24. The highest BCUT2D eigenvalue weighted by Crippen LogP contribution is 2.27. The van der Waals surface area contributed by atoms with E-state index in [2.05, 4.69) is 27.9 Å². The van der Waals surface area contributed by atoms with Gasteiger partial charge in [-0.05, 0) is 54.0 Å². The van der Waals surface area contributed by atoms with Crippen LogP contribution in [0.3, 0.4) is 0 Å². The summed E-state index contributed by atoms with van der Waals surface area (Å²) in [5.41, 5.74) is 1.04. The third kappa shape index (κ3) is 6.84. The summed E-state index contributed by atoms with van der Waals surface area (Å²) in [4.78, 5) is 12.2. The molecule has 1 saturated carbocycles. The van der Waals surface area contributed by atoms with E-state index in [1.54, 1.807) is 7.11 Å². The second-order valence-electron chi connectivity index (χ2n) is 6.43. The summed E-state index contributed by atoms with van der Waals surface area (Å²) < 4.78 is 17.8. The molecule has 140 valence electrons.